The molecule has 3 nitrogen and oxygen atoms in total. The van der Waals surface area contributed by atoms with Crippen LogP contribution in [0.2, 0.25) is 0 Å². The maximum atomic E-state index is 13.5. The van der Waals surface area contributed by atoms with Crippen molar-refractivity contribution >= 4 is 22.4 Å². The number of halogens is 1. The summed E-state index contributed by atoms with van der Waals surface area (Å²) in [6.07, 6.45) is 0. The molecule has 4 aromatic rings. The van der Waals surface area contributed by atoms with Gasteiger partial charge in [0.05, 0.1) is 12.2 Å². The molecule has 0 saturated heterocycles. The van der Waals surface area contributed by atoms with E-state index >= 15 is 0 Å². The fourth-order valence-electron chi connectivity index (χ4n) is 3.40. The van der Waals surface area contributed by atoms with Crippen LogP contribution in [0, 0.1) is 5.82 Å². The lowest BCUT2D eigenvalue weighted by molar-refractivity contribution is 0.0985. The molecular formula is C27H25FN2OS. The molecule has 162 valence electrons. The van der Waals surface area contributed by atoms with Gasteiger partial charge in [-0.05, 0) is 52.9 Å². The van der Waals surface area contributed by atoms with Gasteiger partial charge in [0.15, 0.2) is 5.13 Å². The van der Waals surface area contributed by atoms with E-state index in [1.807, 2.05) is 60.0 Å². The highest BCUT2D eigenvalue weighted by atomic mass is 32.1. The summed E-state index contributed by atoms with van der Waals surface area (Å²) in [6, 6.07) is 23.9. The number of hydrogen-bond donors (Lipinski definition) is 0. The molecule has 3 aromatic carbocycles. The van der Waals surface area contributed by atoms with Crippen molar-refractivity contribution in [2.24, 2.45) is 0 Å². The average Bonchev–Trinajstić information content (AvgIpc) is 3.28. The third kappa shape index (κ3) is 4.94. The lowest BCUT2D eigenvalue weighted by Crippen LogP contribution is -2.30. The number of carbonyl (C=O) groups is 1. The van der Waals surface area contributed by atoms with E-state index < -0.39 is 0 Å². The molecule has 0 atom stereocenters. The summed E-state index contributed by atoms with van der Waals surface area (Å²) in [7, 11) is 0. The van der Waals surface area contributed by atoms with Gasteiger partial charge in [0.1, 0.15) is 5.82 Å². The molecule has 1 amide bonds. The Hall–Kier alpha value is -3.31. The van der Waals surface area contributed by atoms with Gasteiger partial charge in [-0.1, -0.05) is 63.2 Å². The van der Waals surface area contributed by atoms with Crippen LogP contribution < -0.4 is 4.90 Å². The predicted octanol–water partition coefficient (Wildman–Crippen LogP) is 7.09. The maximum Gasteiger partial charge on any atom is 0.260 e. The molecular weight excluding hydrogens is 419 g/mol. The van der Waals surface area contributed by atoms with E-state index in [9.17, 15) is 9.18 Å². The number of benzene rings is 3. The molecule has 0 aliphatic rings. The van der Waals surface area contributed by atoms with Crippen LogP contribution in [-0.2, 0) is 12.0 Å². The van der Waals surface area contributed by atoms with Gasteiger partial charge in [0, 0.05) is 16.5 Å². The van der Waals surface area contributed by atoms with Gasteiger partial charge >= 0.3 is 0 Å². The van der Waals surface area contributed by atoms with Crippen molar-refractivity contribution in [1.29, 1.82) is 0 Å². The van der Waals surface area contributed by atoms with Gasteiger partial charge in [-0.2, -0.15) is 0 Å². The smallest absolute Gasteiger partial charge is 0.260 e. The first-order chi connectivity index (χ1) is 15.3. The van der Waals surface area contributed by atoms with E-state index in [4.69, 9.17) is 4.98 Å². The highest BCUT2D eigenvalue weighted by molar-refractivity contribution is 7.14. The zero-order chi connectivity index (χ0) is 22.7. The van der Waals surface area contributed by atoms with Crippen molar-refractivity contribution in [3.8, 4) is 11.3 Å². The molecule has 0 bridgehead atoms. The number of aromatic nitrogens is 1. The van der Waals surface area contributed by atoms with Gasteiger partial charge in [-0.25, -0.2) is 9.37 Å². The lowest BCUT2D eigenvalue weighted by Gasteiger charge is -2.22. The Kier molecular flexibility index (Phi) is 6.19. The molecule has 4 rings (SSSR count). The SMILES string of the molecule is CC(C)(C)c1ccc(C(=O)N(Cc2ccccc2)c2nc(-c3ccc(F)cc3)cs2)cc1. The molecule has 0 saturated carbocycles. The van der Waals surface area contributed by atoms with Gasteiger partial charge in [-0.3, -0.25) is 9.69 Å². The predicted molar refractivity (Wildman–Crippen MR) is 130 cm³/mol. The summed E-state index contributed by atoms with van der Waals surface area (Å²) in [5.41, 5.74) is 4.37. The first-order valence-corrected chi connectivity index (χ1v) is 11.4. The van der Waals surface area contributed by atoms with Crippen LogP contribution in [0.5, 0.6) is 0 Å². The molecule has 1 aromatic heterocycles. The Morgan fingerprint density at radius 1 is 0.938 bits per heavy atom. The maximum absolute atomic E-state index is 13.5. The Balaban J connectivity index is 1.67. The number of nitrogens with zero attached hydrogens (tertiary/aromatic N) is 2. The number of amides is 1. The van der Waals surface area contributed by atoms with Gasteiger partial charge < -0.3 is 0 Å². The normalized spacial score (nSPS) is 11.4. The van der Waals surface area contributed by atoms with Gasteiger partial charge in [0.25, 0.3) is 5.91 Å². The second-order valence-corrected chi connectivity index (χ2v) is 9.56. The Morgan fingerprint density at radius 3 is 2.22 bits per heavy atom. The molecule has 0 aliphatic heterocycles. The van der Waals surface area contributed by atoms with Crippen LogP contribution in [0.15, 0.2) is 84.2 Å². The standard InChI is InChI=1S/C27H25FN2OS/c1-27(2,3)22-13-9-21(10-14-22)25(31)30(17-19-7-5-4-6-8-19)26-29-24(18-32-26)20-11-15-23(28)16-12-20/h4-16,18H,17H2,1-3H3. The van der Waals surface area contributed by atoms with Crippen molar-refractivity contribution in [2.75, 3.05) is 4.90 Å². The van der Waals surface area contributed by atoms with Crippen LogP contribution in [0.4, 0.5) is 9.52 Å². The monoisotopic (exact) mass is 444 g/mol. The third-order valence-corrected chi connectivity index (χ3v) is 6.15. The zero-order valence-electron chi connectivity index (χ0n) is 18.4. The highest BCUT2D eigenvalue weighted by Gasteiger charge is 2.22. The summed E-state index contributed by atoms with van der Waals surface area (Å²) < 4.78 is 13.3. The summed E-state index contributed by atoms with van der Waals surface area (Å²) in [4.78, 5) is 20.0. The highest BCUT2D eigenvalue weighted by Crippen LogP contribution is 2.30. The third-order valence-electron chi connectivity index (χ3n) is 5.29. The molecule has 0 radical (unpaired) electrons. The molecule has 0 spiro atoms. The number of anilines is 1. The van der Waals surface area contributed by atoms with Crippen molar-refractivity contribution in [2.45, 2.75) is 32.7 Å². The molecule has 0 unspecified atom stereocenters. The largest absolute Gasteiger partial charge is 0.279 e. The summed E-state index contributed by atoms with van der Waals surface area (Å²) in [5.74, 6) is -0.391. The summed E-state index contributed by atoms with van der Waals surface area (Å²) in [5, 5.41) is 2.51. The first kappa shape index (κ1) is 21.9. The summed E-state index contributed by atoms with van der Waals surface area (Å²) in [6.45, 7) is 6.87. The fraction of sp³-hybridized carbons (Fsp3) is 0.185. The zero-order valence-corrected chi connectivity index (χ0v) is 19.2. The molecule has 0 fully saturated rings. The van der Waals surface area contributed by atoms with Crippen molar-refractivity contribution in [3.63, 3.8) is 0 Å². The molecule has 32 heavy (non-hydrogen) atoms. The topological polar surface area (TPSA) is 33.2 Å². The van der Waals surface area contributed by atoms with Crippen LogP contribution >= 0.6 is 11.3 Å². The van der Waals surface area contributed by atoms with Crippen molar-refractivity contribution in [1.82, 2.24) is 4.98 Å². The Bertz CT molecular complexity index is 1190. The van der Waals surface area contributed by atoms with E-state index in [-0.39, 0.29) is 17.1 Å². The van der Waals surface area contributed by atoms with Crippen LogP contribution in [0.3, 0.4) is 0 Å². The molecule has 0 N–H and O–H groups in total. The quantitative estimate of drug-likeness (QED) is 0.329. The number of carbonyl (C=O) groups excluding carboxylic acids is 1. The summed E-state index contributed by atoms with van der Waals surface area (Å²) >= 11 is 1.41. The minimum atomic E-state index is -0.288. The second kappa shape index (κ2) is 9.05. The fourth-order valence-corrected chi connectivity index (χ4v) is 4.23. The molecule has 5 heteroatoms. The van der Waals surface area contributed by atoms with E-state index in [0.29, 0.717) is 17.2 Å². The van der Waals surface area contributed by atoms with Crippen LogP contribution in [0.1, 0.15) is 42.3 Å². The lowest BCUT2D eigenvalue weighted by atomic mass is 9.86. The van der Waals surface area contributed by atoms with E-state index in [0.717, 1.165) is 16.8 Å². The van der Waals surface area contributed by atoms with Gasteiger partial charge in [0.2, 0.25) is 0 Å². The minimum absolute atomic E-state index is 0.0185. The van der Waals surface area contributed by atoms with E-state index in [1.54, 1.807) is 17.0 Å². The first-order valence-electron chi connectivity index (χ1n) is 10.5. The minimum Gasteiger partial charge on any atom is -0.279 e. The Labute approximate surface area is 192 Å². The average molecular weight is 445 g/mol. The Morgan fingerprint density at radius 2 is 1.59 bits per heavy atom. The van der Waals surface area contributed by atoms with Crippen molar-refractivity contribution < 1.29 is 9.18 Å². The van der Waals surface area contributed by atoms with Crippen molar-refractivity contribution in [3.05, 3.63) is 107 Å². The van der Waals surface area contributed by atoms with Gasteiger partial charge in [-0.15, -0.1) is 11.3 Å². The number of thiazole rings is 1. The molecule has 0 aliphatic carbocycles. The second-order valence-electron chi connectivity index (χ2n) is 8.73. The molecule has 1 heterocycles. The van der Waals surface area contributed by atoms with Crippen LogP contribution in [-0.4, -0.2) is 10.9 Å². The van der Waals surface area contributed by atoms with Crippen LogP contribution in [0.25, 0.3) is 11.3 Å². The van der Waals surface area contributed by atoms with E-state index in [2.05, 4.69) is 20.8 Å². The van der Waals surface area contributed by atoms with E-state index in [1.165, 1.54) is 29.0 Å². The number of hydrogen-bond acceptors (Lipinski definition) is 3. The number of rotatable bonds is 5.